The van der Waals surface area contributed by atoms with Gasteiger partial charge in [0.15, 0.2) is 0 Å². The molecule has 0 radical (unpaired) electrons. The first-order chi connectivity index (χ1) is 7.36. The van der Waals surface area contributed by atoms with E-state index < -0.39 is 0 Å². The van der Waals surface area contributed by atoms with Crippen LogP contribution >= 0.6 is 9.24 Å². The third-order valence-corrected chi connectivity index (χ3v) is 3.19. The summed E-state index contributed by atoms with van der Waals surface area (Å²) < 4.78 is 5.82. The van der Waals surface area contributed by atoms with E-state index in [1.165, 1.54) is 16.7 Å². The van der Waals surface area contributed by atoms with Crippen LogP contribution in [-0.4, -0.2) is 0 Å². The summed E-state index contributed by atoms with van der Waals surface area (Å²) in [4.78, 5) is 0. The number of rotatable bonds is 0. The lowest BCUT2D eigenvalue weighted by atomic mass is 9.97. The van der Waals surface area contributed by atoms with Crippen molar-refractivity contribution in [3.05, 3.63) is 54.1 Å². The highest BCUT2D eigenvalue weighted by molar-refractivity contribution is 7.16. The number of fused-ring (bicyclic) bond motifs is 3. The number of para-hydroxylation sites is 1. The van der Waals surface area contributed by atoms with E-state index in [0.717, 1.165) is 5.75 Å². The molecule has 0 amide bonds. The van der Waals surface area contributed by atoms with Crippen molar-refractivity contribution < 1.29 is 4.74 Å². The van der Waals surface area contributed by atoms with Gasteiger partial charge >= 0.3 is 0 Å². The smallest absolute Gasteiger partial charge is 0.137 e. The molecule has 1 nitrogen and oxygen atoms in total. The van der Waals surface area contributed by atoms with Crippen LogP contribution in [0, 0.1) is 0 Å². The van der Waals surface area contributed by atoms with Gasteiger partial charge in [-0.25, -0.2) is 0 Å². The van der Waals surface area contributed by atoms with Crippen molar-refractivity contribution in [2.24, 2.45) is 0 Å². The summed E-state index contributed by atoms with van der Waals surface area (Å²) >= 11 is 0. The fourth-order valence-corrected chi connectivity index (χ4v) is 2.42. The highest BCUT2D eigenvalue weighted by atomic mass is 31.0. The summed E-state index contributed by atoms with van der Waals surface area (Å²) in [5.74, 6) is 1.03. The normalized spacial score (nSPS) is 17.5. The molecule has 2 aromatic rings. The first-order valence-electron chi connectivity index (χ1n) is 4.97. The molecule has 2 atom stereocenters. The molecule has 0 fully saturated rings. The van der Waals surface area contributed by atoms with Crippen molar-refractivity contribution >= 4 is 9.24 Å². The molecule has 0 bridgehead atoms. The number of hydrogen-bond acceptors (Lipinski definition) is 1. The molecule has 0 saturated carbocycles. The first-order valence-corrected chi connectivity index (χ1v) is 5.63. The molecule has 2 unspecified atom stereocenters. The second-order valence-electron chi connectivity index (χ2n) is 3.62. The largest absolute Gasteiger partial charge is 0.481 e. The maximum atomic E-state index is 5.82. The van der Waals surface area contributed by atoms with E-state index in [4.69, 9.17) is 4.74 Å². The molecule has 1 aliphatic rings. The van der Waals surface area contributed by atoms with E-state index in [0.29, 0.717) is 0 Å². The molecular weight excluding hydrogens is 203 g/mol. The monoisotopic (exact) mass is 214 g/mol. The van der Waals surface area contributed by atoms with Crippen LogP contribution in [-0.2, 0) is 0 Å². The van der Waals surface area contributed by atoms with E-state index >= 15 is 0 Å². The Bertz CT molecular complexity index is 507. The molecule has 0 saturated heterocycles. The Labute approximate surface area is 91.3 Å². The van der Waals surface area contributed by atoms with Crippen LogP contribution in [0.2, 0.25) is 0 Å². The third-order valence-electron chi connectivity index (χ3n) is 2.70. The minimum Gasteiger partial charge on any atom is -0.481 e. The van der Waals surface area contributed by atoms with Crippen LogP contribution in [0.3, 0.4) is 0 Å². The van der Waals surface area contributed by atoms with Gasteiger partial charge in [-0.05, 0) is 11.6 Å². The molecule has 74 valence electrons. The predicted octanol–water partition coefficient (Wildman–Crippen LogP) is 3.62. The van der Waals surface area contributed by atoms with Gasteiger partial charge in [-0.15, -0.1) is 0 Å². The Hall–Kier alpha value is -1.33. The molecule has 0 aliphatic carbocycles. The van der Waals surface area contributed by atoms with Gasteiger partial charge in [0.05, 0.1) is 0 Å². The van der Waals surface area contributed by atoms with Gasteiger partial charge in [0.2, 0.25) is 0 Å². The molecule has 1 heterocycles. The van der Waals surface area contributed by atoms with Crippen LogP contribution in [0.1, 0.15) is 11.4 Å². The molecule has 0 aromatic heterocycles. The highest BCUT2D eigenvalue weighted by Gasteiger charge is 2.21. The van der Waals surface area contributed by atoms with E-state index in [-0.39, 0.29) is 5.85 Å². The topological polar surface area (TPSA) is 9.23 Å². The average molecular weight is 214 g/mol. The maximum absolute atomic E-state index is 5.82. The van der Waals surface area contributed by atoms with E-state index in [9.17, 15) is 0 Å². The molecule has 2 aromatic carbocycles. The summed E-state index contributed by atoms with van der Waals surface area (Å²) in [5, 5.41) is 0. The van der Waals surface area contributed by atoms with Gasteiger partial charge in [0, 0.05) is 11.1 Å². The van der Waals surface area contributed by atoms with Crippen molar-refractivity contribution in [1.82, 2.24) is 0 Å². The standard InChI is InChI=1S/C13H11OP/c15-13-11-7-2-1-5-9(11)10-6-3-4-8-12(10)14-13/h1-8,13H,15H2. The van der Waals surface area contributed by atoms with Crippen molar-refractivity contribution in [3.8, 4) is 16.9 Å². The van der Waals surface area contributed by atoms with Crippen LogP contribution in [0.5, 0.6) is 5.75 Å². The zero-order chi connectivity index (χ0) is 10.3. The van der Waals surface area contributed by atoms with E-state index in [1.54, 1.807) is 0 Å². The summed E-state index contributed by atoms with van der Waals surface area (Å²) in [6, 6.07) is 16.5. The Kier molecular flexibility index (Phi) is 2.00. The quantitative estimate of drug-likeness (QED) is 0.608. The van der Waals surface area contributed by atoms with Gasteiger partial charge in [-0.1, -0.05) is 51.7 Å². The second-order valence-corrected chi connectivity index (χ2v) is 4.23. The highest BCUT2D eigenvalue weighted by Crippen LogP contribution is 2.44. The molecule has 3 rings (SSSR count). The Morgan fingerprint density at radius 2 is 1.53 bits per heavy atom. The lowest BCUT2D eigenvalue weighted by molar-refractivity contribution is 0.290. The Morgan fingerprint density at radius 1 is 0.867 bits per heavy atom. The molecule has 0 spiro atoms. The predicted molar refractivity (Wildman–Crippen MR) is 65.0 cm³/mol. The lowest BCUT2D eigenvalue weighted by Crippen LogP contribution is -2.07. The lowest BCUT2D eigenvalue weighted by Gasteiger charge is -2.25. The maximum Gasteiger partial charge on any atom is 0.137 e. The zero-order valence-corrected chi connectivity index (χ0v) is 9.34. The molecule has 1 aliphatic heterocycles. The minimum atomic E-state index is 0.0658. The van der Waals surface area contributed by atoms with Crippen molar-refractivity contribution in [2.45, 2.75) is 5.85 Å². The average Bonchev–Trinajstić information content (AvgIpc) is 2.30. The fraction of sp³-hybridized carbons (Fsp3) is 0.0769. The summed E-state index contributed by atoms with van der Waals surface area (Å²) in [5.41, 5.74) is 3.70. The van der Waals surface area contributed by atoms with Crippen LogP contribution in [0.25, 0.3) is 11.1 Å². The third kappa shape index (κ3) is 1.35. The first kappa shape index (κ1) is 8.94. The van der Waals surface area contributed by atoms with Crippen LogP contribution < -0.4 is 4.74 Å². The second kappa shape index (κ2) is 3.36. The Morgan fingerprint density at radius 3 is 2.40 bits per heavy atom. The summed E-state index contributed by atoms with van der Waals surface area (Å²) in [7, 11) is 2.73. The number of benzene rings is 2. The fourth-order valence-electron chi connectivity index (χ4n) is 1.98. The van der Waals surface area contributed by atoms with Gasteiger partial charge in [-0.3, -0.25) is 0 Å². The SMILES string of the molecule is PC1Oc2ccccc2-c2ccccc21. The van der Waals surface area contributed by atoms with Gasteiger partial charge < -0.3 is 4.74 Å². The van der Waals surface area contributed by atoms with Crippen LogP contribution in [0.15, 0.2) is 48.5 Å². The molecule has 0 N–H and O–H groups in total. The summed E-state index contributed by atoms with van der Waals surface area (Å²) in [6.07, 6.45) is 0. The van der Waals surface area contributed by atoms with Gasteiger partial charge in [-0.2, -0.15) is 0 Å². The minimum absolute atomic E-state index is 0.0658. The van der Waals surface area contributed by atoms with Gasteiger partial charge in [0.25, 0.3) is 0 Å². The van der Waals surface area contributed by atoms with Crippen molar-refractivity contribution in [3.63, 3.8) is 0 Å². The number of hydrogen-bond donors (Lipinski definition) is 0. The van der Waals surface area contributed by atoms with Crippen molar-refractivity contribution in [2.75, 3.05) is 0 Å². The Balaban J connectivity index is 2.30. The van der Waals surface area contributed by atoms with Crippen LogP contribution in [0.4, 0.5) is 0 Å². The zero-order valence-electron chi connectivity index (χ0n) is 8.18. The molecule has 2 heteroatoms. The van der Waals surface area contributed by atoms with Crippen molar-refractivity contribution in [1.29, 1.82) is 0 Å². The molecular formula is C13H11OP. The van der Waals surface area contributed by atoms with E-state index in [1.807, 2.05) is 24.3 Å². The van der Waals surface area contributed by atoms with E-state index in [2.05, 4.69) is 33.5 Å². The molecule has 15 heavy (non-hydrogen) atoms. The van der Waals surface area contributed by atoms with Gasteiger partial charge in [0.1, 0.15) is 11.6 Å². The summed E-state index contributed by atoms with van der Waals surface area (Å²) in [6.45, 7) is 0. The number of ether oxygens (including phenoxy) is 1.